The van der Waals surface area contributed by atoms with E-state index in [-0.39, 0.29) is 11.3 Å². The molecular formula is C14H16FN3O3. The van der Waals surface area contributed by atoms with Crippen LogP contribution in [0, 0.1) is 5.82 Å². The van der Waals surface area contributed by atoms with Crippen LogP contribution in [0.5, 0.6) is 0 Å². The minimum absolute atomic E-state index is 0.217. The van der Waals surface area contributed by atoms with Crippen LogP contribution in [0.3, 0.4) is 0 Å². The quantitative estimate of drug-likeness (QED) is 0.746. The number of amides is 2. The Morgan fingerprint density at radius 3 is 2.90 bits per heavy atom. The van der Waals surface area contributed by atoms with E-state index in [1.807, 2.05) is 0 Å². The van der Waals surface area contributed by atoms with Crippen molar-refractivity contribution in [1.29, 1.82) is 0 Å². The number of rotatable bonds is 2. The van der Waals surface area contributed by atoms with Gasteiger partial charge in [-0.2, -0.15) is 0 Å². The van der Waals surface area contributed by atoms with Crippen LogP contribution in [-0.2, 0) is 9.59 Å². The number of nitrogens with two attached hydrogens (primary N) is 1. The summed E-state index contributed by atoms with van der Waals surface area (Å²) in [4.78, 5) is 24.6. The predicted molar refractivity (Wildman–Crippen MR) is 74.2 cm³/mol. The summed E-state index contributed by atoms with van der Waals surface area (Å²) < 4.78 is 14.3. The Balaban J connectivity index is 2.01. The van der Waals surface area contributed by atoms with Crippen LogP contribution in [0.4, 0.5) is 15.8 Å². The molecule has 1 saturated heterocycles. The standard InChI is InChI=1S/C14H16FN3O3/c15-8-5-7-9(17-14(21)12(7)19)6-11(8)18-4-2-1-3-10(18)13(16)20/h5-6,10,12,19H,1-4H2,(H2,16,20)(H,17,21). The van der Waals surface area contributed by atoms with E-state index in [2.05, 4.69) is 5.32 Å². The van der Waals surface area contributed by atoms with E-state index in [1.165, 1.54) is 6.07 Å². The number of aliphatic hydroxyl groups is 1. The first-order chi connectivity index (χ1) is 9.99. The second-order valence-electron chi connectivity index (χ2n) is 5.39. The zero-order valence-corrected chi connectivity index (χ0v) is 11.3. The molecule has 4 N–H and O–H groups in total. The van der Waals surface area contributed by atoms with Crippen molar-refractivity contribution in [2.24, 2.45) is 5.73 Å². The Morgan fingerprint density at radius 1 is 1.43 bits per heavy atom. The van der Waals surface area contributed by atoms with E-state index in [0.29, 0.717) is 18.7 Å². The molecule has 1 aromatic rings. The molecule has 3 rings (SSSR count). The van der Waals surface area contributed by atoms with E-state index >= 15 is 0 Å². The monoisotopic (exact) mass is 293 g/mol. The van der Waals surface area contributed by atoms with E-state index in [0.717, 1.165) is 18.9 Å². The number of nitrogens with one attached hydrogen (secondary N) is 1. The number of fused-ring (bicyclic) bond motifs is 1. The highest BCUT2D eigenvalue weighted by Crippen LogP contribution is 2.37. The Labute approximate surface area is 120 Å². The molecule has 1 fully saturated rings. The van der Waals surface area contributed by atoms with Crippen molar-refractivity contribution in [3.05, 3.63) is 23.5 Å². The molecule has 2 atom stereocenters. The summed E-state index contributed by atoms with van der Waals surface area (Å²) >= 11 is 0. The summed E-state index contributed by atoms with van der Waals surface area (Å²) in [7, 11) is 0. The highest BCUT2D eigenvalue weighted by Gasteiger charge is 2.33. The van der Waals surface area contributed by atoms with Gasteiger partial charge in [-0.15, -0.1) is 0 Å². The van der Waals surface area contributed by atoms with Crippen LogP contribution < -0.4 is 16.0 Å². The fourth-order valence-corrected chi connectivity index (χ4v) is 2.99. The largest absolute Gasteiger partial charge is 0.378 e. The third-order valence-corrected chi connectivity index (χ3v) is 4.06. The van der Waals surface area contributed by atoms with Gasteiger partial charge in [-0.05, 0) is 31.4 Å². The van der Waals surface area contributed by atoms with Crippen LogP contribution >= 0.6 is 0 Å². The average molecular weight is 293 g/mol. The highest BCUT2D eigenvalue weighted by atomic mass is 19.1. The summed E-state index contributed by atoms with van der Waals surface area (Å²) in [6.45, 7) is 0.528. The molecule has 112 valence electrons. The number of hydrogen-bond donors (Lipinski definition) is 3. The van der Waals surface area contributed by atoms with E-state index in [9.17, 15) is 19.1 Å². The molecular weight excluding hydrogens is 277 g/mol. The average Bonchev–Trinajstić information content (AvgIpc) is 2.73. The van der Waals surface area contributed by atoms with Crippen LogP contribution in [0.15, 0.2) is 12.1 Å². The third-order valence-electron chi connectivity index (χ3n) is 4.06. The predicted octanol–water partition coefficient (Wildman–Crippen LogP) is 0.655. The van der Waals surface area contributed by atoms with Gasteiger partial charge in [-0.1, -0.05) is 0 Å². The Morgan fingerprint density at radius 2 is 2.19 bits per heavy atom. The van der Waals surface area contributed by atoms with Crippen LogP contribution in [0.2, 0.25) is 0 Å². The minimum atomic E-state index is -1.35. The molecule has 0 spiro atoms. The van der Waals surface area contributed by atoms with Crippen LogP contribution in [-0.4, -0.2) is 29.5 Å². The molecule has 2 unspecified atom stereocenters. The second kappa shape index (κ2) is 5.00. The van der Waals surface area contributed by atoms with Crippen molar-refractivity contribution in [3.63, 3.8) is 0 Å². The number of nitrogens with zero attached hydrogens (tertiary/aromatic N) is 1. The lowest BCUT2D eigenvalue weighted by atomic mass is 9.99. The first-order valence-electron chi connectivity index (χ1n) is 6.87. The maximum atomic E-state index is 14.3. The number of hydrogen-bond acceptors (Lipinski definition) is 4. The second-order valence-corrected chi connectivity index (χ2v) is 5.39. The molecule has 0 bridgehead atoms. The molecule has 21 heavy (non-hydrogen) atoms. The Kier molecular flexibility index (Phi) is 3.29. The first kappa shape index (κ1) is 13.8. The van der Waals surface area contributed by atoms with E-state index in [1.54, 1.807) is 4.90 Å². The molecule has 2 amide bonds. The van der Waals surface area contributed by atoms with Crippen molar-refractivity contribution in [3.8, 4) is 0 Å². The lowest BCUT2D eigenvalue weighted by Gasteiger charge is -2.35. The summed E-state index contributed by atoms with van der Waals surface area (Å²) in [6.07, 6.45) is 0.944. The van der Waals surface area contributed by atoms with Crippen molar-refractivity contribution in [1.82, 2.24) is 0 Å². The van der Waals surface area contributed by atoms with Gasteiger partial charge < -0.3 is 21.1 Å². The van der Waals surface area contributed by atoms with Gasteiger partial charge in [-0.25, -0.2) is 4.39 Å². The van der Waals surface area contributed by atoms with Gasteiger partial charge in [0.1, 0.15) is 11.9 Å². The number of primary amides is 1. The van der Waals surface area contributed by atoms with Gasteiger partial charge >= 0.3 is 0 Å². The maximum Gasteiger partial charge on any atom is 0.257 e. The SMILES string of the molecule is NC(=O)C1CCCCN1c1cc2c(cc1F)C(O)C(=O)N2. The molecule has 2 aliphatic heterocycles. The molecule has 6 nitrogen and oxygen atoms in total. The van der Waals surface area contributed by atoms with Crippen molar-refractivity contribution in [2.75, 3.05) is 16.8 Å². The number of halogens is 1. The lowest BCUT2D eigenvalue weighted by molar-refractivity contribution is -0.123. The van der Waals surface area contributed by atoms with Crippen LogP contribution in [0.25, 0.3) is 0 Å². The van der Waals surface area contributed by atoms with Gasteiger partial charge in [0.05, 0.1) is 5.69 Å². The van der Waals surface area contributed by atoms with Gasteiger partial charge in [0.25, 0.3) is 5.91 Å². The Bertz CT molecular complexity index is 620. The number of benzene rings is 1. The number of piperidine rings is 1. The fourth-order valence-electron chi connectivity index (χ4n) is 2.99. The van der Waals surface area contributed by atoms with Gasteiger partial charge in [0, 0.05) is 17.8 Å². The summed E-state index contributed by atoms with van der Waals surface area (Å²) in [6, 6.07) is 2.05. The number of carbonyl (C=O) groups is 2. The normalized spacial score (nSPS) is 24.7. The number of carbonyl (C=O) groups excluding carboxylic acids is 2. The van der Waals surface area contributed by atoms with E-state index < -0.39 is 29.8 Å². The highest BCUT2D eigenvalue weighted by molar-refractivity contribution is 6.02. The molecule has 7 heteroatoms. The summed E-state index contributed by atoms with van der Waals surface area (Å²) in [5.74, 6) is -1.64. The lowest BCUT2D eigenvalue weighted by Crippen LogP contribution is -2.48. The molecule has 1 aromatic carbocycles. The summed E-state index contributed by atoms with van der Waals surface area (Å²) in [5, 5.41) is 12.1. The summed E-state index contributed by atoms with van der Waals surface area (Å²) in [5.41, 5.74) is 6.21. The maximum absolute atomic E-state index is 14.3. The van der Waals surface area contributed by atoms with Crippen molar-refractivity contribution in [2.45, 2.75) is 31.4 Å². The molecule has 0 aliphatic carbocycles. The van der Waals surface area contributed by atoms with Gasteiger partial charge in [0.2, 0.25) is 5.91 Å². The topological polar surface area (TPSA) is 95.7 Å². The Hall–Kier alpha value is -2.15. The number of aliphatic hydroxyl groups excluding tert-OH is 1. The number of anilines is 2. The first-order valence-corrected chi connectivity index (χ1v) is 6.87. The van der Waals surface area contributed by atoms with E-state index in [4.69, 9.17) is 5.73 Å². The smallest absolute Gasteiger partial charge is 0.257 e. The molecule has 2 heterocycles. The zero-order valence-electron chi connectivity index (χ0n) is 11.3. The van der Waals surface area contributed by atoms with Gasteiger partial charge in [-0.3, -0.25) is 9.59 Å². The van der Waals surface area contributed by atoms with Crippen LogP contribution in [0.1, 0.15) is 30.9 Å². The molecule has 2 aliphatic rings. The molecule has 0 saturated carbocycles. The zero-order chi connectivity index (χ0) is 15.1. The molecule has 0 aromatic heterocycles. The van der Waals surface area contributed by atoms with Gasteiger partial charge in [0.15, 0.2) is 6.10 Å². The molecule has 0 radical (unpaired) electrons. The third kappa shape index (κ3) is 2.23. The fraction of sp³-hybridized carbons (Fsp3) is 0.429. The minimum Gasteiger partial charge on any atom is -0.378 e. The van der Waals surface area contributed by atoms with Crippen molar-refractivity contribution < 1.29 is 19.1 Å². The van der Waals surface area contributed by atoms with Crippen molar-refractivity contribution >= 4 is 23.2 Å².